The Morgan fingerprint density at radius 3 is 2.60 bits per heavy atom. The zero-order valence-electron chi connectivity index (χ0n) is 15.4. The Morgan fingerprint density at radius 2 is 1.88 bits per heavy atom. The molecule has 0 unspecified atom stereocenters. The van der Waals surface area contributed by atoms with Crippen LogP contribution in [0.5, 0.6) is 5.75 Å². The van der Waals surface area contributed by atoms with E-state index in [9.17, 15) is 4.79 Å². The van der Waals surface area contributed by atoms with Gasteiger partial charge in [0.1, 0.15) is 11.4 Å². The molecule has 2 aromatic rings. The third-order valence-corrected chi connectivity index (χ3v) is 4.49. The Hall–Kier alpha value is -2.33. The fourth-order valence-electron chi connectivity index (χ4n) is 3.29. The fraction of sp³-hybridized carbons (Fsp3) is 0.381. The Balaban J connectivity index is 1.53. The normalized spacial score (nSPS) is 14.7. The van der Waals surface area contributed by atoms with Gasteiger partial charge in [0.25, 0.3) is 0 Å². The number of benzene rings is 2. The van der Waals surface area contributed by atoms with Gasteiger partial charge in [-0.2, -0.15) is 0 Å². The number of para-hydroxylation sites is 1. The topological polar surface area (TPSA) is 50.4 Å². The molecule has 1 heterocycles. The van der Waals surface area contributed by atoms with E-state index in [0.29, 0.717) is 6.54 Å². The van der Waals surface area contributed by atoms with E-state index in [-0.39, 0.29) is 18.1 Å². The Kier molecular flexibility index (Phi) is 4.82. The lowest BCUT2D eigenvalue weighted by Gasteiger charge is -2.16. The van der Waals surface area contributed by atoms with E-state index in [1.807, 2.05) is 38.1 Å². The summed E-state index contributed by atoms with van der Waals surface area (Å²) in [7, 11) is 0. The molecule has 4 heteroatoms. The van der Waals surface area contributed by atoms with E-state index in [1.165, 1.54) is 11.1 Å². The maximum absolute atomic E-state index is 12.2. The van der Waals surface area contributed by atoms with Crippen LogP contribution in [-0.4, -0.2) is 18.1 Å². The van der Waals surface area contributed by atoms with E-state index >= 15 is 0 Å². The number of anilines is 1. The quantitative estimate of drug-likeness (QED) is 0.873. The molecule has 132 valence electrons. The van der Waals surface area contributed by atoms with E-state index in [1.54, 1.807) is 0 Å². The minimum absolute atomic E-state index is 0.0250. The number of carbonyl (C=O) groups is 1. The van der Waals surface area contributed by atoms with Crippen molar-refractivity contribution in [1.82, 2.24) is 5.32 Å². The zero-order valence-corrected chi connectivity index (χ0v) is 15.4. The zero-order chi connectivity index (χ0) is 18.0. The molecule has 2 N–H and O–H groups in total. The van der Waals surface area contributed by atoms with Crippen molar-refractivity contribution in [2.45, 2.75) is 46.3 Å². The summed E-state index contributed by atoms with van der Waals surface area (Å²) in [6.07, 6.45) is 0.920. The molecule has 4 nitrogen and oxygen atoms in total. The van der Waals surface area contributed by atoms with Crippen molar-refractivity contribution >= 4 is 11.6 Å². The number of aryl methyl sites for hydroxylation is 2. The summed E-state index contributed by atoms with van der Waals surface area (Å²) in [6, 6.07) is 12.3. The highest BCUT2D eigenvalue weighted by Crippen LogP contribution is 2.35. The number of amides is 1. The second-order valence-electron chi connectivity index (χ2n) is 7.40. The highest BCUT2D eigenvalue weighted by atomic mass is 16.5. The van der Waals surface area contributed by atoms with Gasteiger partial charge in [-0.3, -0.25) is 4.79 Å². The van der Waals surface area contributed by atoms with Gasteiger partial charge in [-0.15, -0.1) is 0 Å². The molecule has 1 amide bonds. The van der Waals surface area contributed by atoms with E-state index < -0.39 is 0 Å². The third-order valence-electron chi connectivity index (χ3n) is 4.49. The van der Waals surface area contributed by atoms with Crippen LogP contribution in [-0.2, 0) is 17.8 Å². The minimum atomic E-state index is -0.125. The van der Waals surface area contributed by atoms with Crippen LogP contribution >= 0.6 is 0 Å². The largest absolute Gasteiger partial charge is 0.487 e. The van der Waals surface area contributed by atoms with Crippen LogP contribution in [0.15, 0.2) is 36.4 Å². The molecule has 0 atom stereocenters. The van der Waals surface area contributed by atoms with Crippen LogP contribution in [0.25, 0.3) is 0 Å². The first-order valence-electron chi connectivity index (χ1n) is 8.72. The summed E-state index contributed by atoms with van der Waals surface area (Å²) in [5.41, 5.74) is 5.35. The minimum Gasteiger partial charge on any atom is -0.487 e. The first-order chi connectivity index (χ1) is 11.8. The molecule has 0 radical (unpaired) electrons. The monoisotopic (exact) mass is 338 g/mol. The summed E-state index contributed by atoms with van der Waals surface area (Å²) in [4.78, 5) is 12.2. The van der Waals surface area contributed by atoms with Crippen LogP contribution in [0.1, 0.15) is 36.1 Å². The van der Waals surface area contributed by atoms with Crippen molar-refractivity contribution in [3.63, 3.8) is 0 Å². The number of hydrogen-bond donors (Lipinski definition) is 2. The van der Waals surface area contributed by atoms with Crippen LogP contribution in [0, 0.1) is 13.8 Å². The van der Waals surface area contributed by atoms with Gasteiger partial charge in [-0.1, -0.05) is 30.3 Å². The van der Waals surface area contributed by atoms with Crippen LogP contribution in [0.2, 0.25) is 0 Å². The molecular weight excluding hydrogens is 312 g/mol. The molecule has 25 heavy (non-hydrogen) atoms. The lowest BCUT2D eigenvalue weighted by atomic mass is 10.0. The van der Waals surface area contributed by atoms with E-state index in [0.717, 1.165) is 29.0 Å². The number of carbonyl (C=O) groups excluding carboxylic acids is 1. The van der Waals surface area contributed by atoms with Gasteiger partial charge in [-0.25, -0.2) is 0 Å². The lowest BCUT2D eigenvalue weighted by Crippen LogP contribution is -2.28. The van der Waals surface area contributed by atoms with Gasteiger partial charge in [0.05, 0.1) is 6.54 Å². The molecule has 2 aromatic carbocycles. The van der Waals surface area contributed by atoms with Crippen LogP contribution in [0.4, 0.5) is 5.69 Å². The van der Waals surface area contributed by atoms with Crippen molar-refractivity contribution in [2.24, 2.45) is 0 Å². The second-order valence-corrected chi connectivity index (χ2v) is 7.40. The molecule has 1 aliphatic rings. The summed E-state index contributed by atoms with van der Waals surface area (Å²) in [5, 5.41) is 6.22. The summed E-state index contributed by atoms with van der Waals surface area (Å²) in [5.74, 6) is 0.949. The maximum atomic E-state index is 12.2. The second kappa shape index (κ2) is 6.89. The summed E-state index contributed by atoms with van der Waals surface area (Å²) in [6.45, 7) is 9.15. The smallest absolute Gasteiger partial charge is 0.238 e. The van der Waals surface area contributed by atoms with Gasteiger partial charge in [0.15, 0.2) is 0 Å². The van der Waals surface area contributed by atoms with Gasteiger partial charge < -0.3 is 15.4 Å². The van der Waals surface area contributed by atoms with E-state index in [4.69, 9.17) is 4.74 Å². The maximum Gasteiger partial charge on any atom is 0.238 e. The molecule has 0 aromatic heterocycles. The molecule has 0 bridgehead atoms. The Labute approximate surface area is 149 Å². The highest BCUT2D eigenvalue weighted by Gasteiger charge is 2.29. The molecule has 0 saturated heterocycles. The van der Waals surface area contributed by atoms with Crippen LogP contribution < -0.4 is 15.4 Å². The first-order valence-corrected chi connectivity index (χ1v) is 8.72. The van der Waals surface area contributed by atoms with Gasteiger partial charge >= 0.3 is 0 Å². The molecule has 0 spiro atoms. The van der Waals surface area contributed by atoms with Crippen molar-refractivity contribution in [2.75, 3.05) is 11.9 Å². The molecule has 3 rings (SSSR count). The summed E-state index contributed by atoms with van der Waals surface area (Å²) >= 11 is 0. The predicted molar refractivity (Wildman–Crippen MR) is 101 cm³/mol. The number of fused-ring (bicyclic) bond motifs is 1. The predicted octanol–water partition coefficient (Wildman–Crippen LogP) is 3.75. The standard InChI is InChI=1S/C21H26N2O2/c1-14-6-5-7-15(2)20(14)23-19(24)13-22-12-16-8-9-18-17(10-16)11-21(3,4)25-18/h5-10,22H,11-13H2,1-4H3,(H,23,24). The van der Waals surface area contributed by atoms with E-state index in [2.05, 4.69) is 36.6 Å². The highest BCUT2D eigenvalue weighted by molar-refractivity contribution is 5.93. The van der Waals surface area contributed by atoms with Crippen molar-refractivity contribution in [3.8, 4) is 5.75 Å². The average Bonchev–Trinajstić information content (AvgIpc) is 2.84. The van der Waals surface area contributed by atoms with Gasteiger partial charge in [0, 0.05) is 18.7 Å². The average molecular weight is 338 g/mol. The molecule has 0 saturated carbocycles. The van der Waals surface area contributed by atoms with Crippen molar-refractivity contribution < 1.29 is 9.53 Å². The Morgan fingerprint density at radius 1 is 1.16 bits per heavy atom. The van der Waals surface area contributed by atoms with Gasteiger partial charge in [0.2, 0.25) is 5.91 Å². The van der Waals surface area contributed by atoms with Crippen LogP contribution in [0.3, 0.4) is 0 Å². The van der Waals surface area contributed by atoms with Crippen molar-refractivity contribution in [1.29, 1.82) is 0 Å². The SMILES string of the molecule is Cc1cccc(C)c1NC(=O)CNCc1ccc2c(c1)CC(C)(C)O2. The number of hydrogen-bond acceptors (Lipinski definition) is 3. The molecule has 1 aliphatic heterocycles. The lowest BCUT2D eigenvalue weighted by molar-refractivity contribution is -0.115. The number of ether oxygens (including phenoxy) is 1. The van der Waals surface area contributed by atoms with Crippen molar-refractivity contribution in [3.05, 3.63) is 58.7 Å². The third kappa shape index (κ3) is 4.20. The Bertz CT molecular complexity index is 776. The number of rotatable bonds is 5. The molecule has 0 aliphatic carbocycles. The number of nitrogens with one attached hydrogen (secondary N) is 2. The summed E-state index contributed by atoms with van der Waals surface area (Å²) < 4.78 is 5.90. The van der Waals surface area contributed by atoms with Gasteiger partial charge in [-0.05, 0) is 56.0 Å². The molecular formula is C21H26N2O2. The molecule has 0 fully saturated rings. The first kappa shape index (κ1) is 17.5. The fourth-order valence-corrected chi connectivity index (χ4v) is 3.29.